The summed E-state index contributed by atoms with van der Waals surface area (Å²) in [6, 6.07) is 9.43. The Labute approximate surface area is 187 Å². The smallest absolute Gasteiger partial charge is 0.407 e. The number of hydrogen-bond acceptors (Lipinski definition) is 5. The van der Waals surface area contributed by atoms with Crippen LogP contribution in [-0.2, 0) is 19.2 Å². The van der Waals surface area contributed by atoms with Crippen LogP contribution in [0.25, 0.3) is 0 Å². The molecule has 31 heavy (non-hydrogen) atoms. The molecule has 0 radical (unpaired) electrons. The van der Waals surface area contributed by atoms with Crippen molar-refractivity contribution < 1.29 is 19.1 Å². The molecule has 3 fully saturated rings. The maximum Gasteiger partial charge on any atom is 0.407 e. The van der Waals surface area contributed by atoms with E-state index in [1.165, 1.54) is 0 Å². The van der Waals surface area contributed by atoms with Crippen LogP contribution in [0.2, 0.25) is 0 Å². The third-order valence-corrected chi connectivity index (χ3v) is 7.69. The normalized spacial score (nSPS) is 28.4. The van der Waals surface area contributed by atoms with E-state index in [1.54, 1.807) is 11.8 Å². The van der Waals surface area contributed by atoms with Crippen molar-refractivity contribution in [2.45, 2.75) is 69.0 Å². The largest absolute Gasteiger partial charge is 0.444 e. The molecule has 3 saturated heterocycles. The van der Waals surface area contributed by atoms with Crippen LogP contribution in [-0.4, -0.2) is 64.2 Å². The van der Waals surface area contributed by atoms with Gasteiger partial charge in [0.1, 0.15) is 16.5 Å². The molecule has 168 valence electrons. The first kappa shape index (κ1) is 22.0. The number of nitrogens with one attached hydrogen (secondary N) is 1. The second-order valence-electron chi connectivity index (χ2n) is 9.51. The Hall–Kier alpha value is -2.22. The fraction of sp³-hybridized carbons (Fsp3) is 0.609. The summed E-state index contributed by atoms with van der Waals surface area (Å²) < 4.78 is 5.36. The molecule has 3 amide bonds. The molecule has 3 heterocycles. The van der Waals surface area contributed by atoms with E-state index in [-0.39, 0.29) is 17.9 Å². The van der Waals surface area contributed by atoms with Gasteiger partial charge in [0.25, 0.3) is 0 Å². The van der Waals surface area contributed by atoms with Gasteiger partial charge in [0.15, 0.2) is 0 Å². The van der Waals surface area contributed by atoms with Crippen molar-refractivity contribution in [3.8, 4) is 0 Å². The van der Waals surface area contributed by atoms with Gasteiger partial charge in [-0.3, -0.25) is 9.59 Å². The zero-order valence-electron chi connectivity index (χ0n) is 18.4. The van der Waals surface area contributed by atoms with Crippen LogP contribution in [0.5, 0.6) is 0 Å². The molecule has 3 atom stereocenters. The molecule has 1 N–H and O–H groups in total. The number of amides is 3. The van der Waals surface area contributed by atoms with E-state index < -0.39 is 22.6 Å². The summed E-state index contributed by atoms with van der Waals surface area (Å²) in [4.78, 5) is 41.7. The highest BCUT2D eigenvalue weighted by molar-refractivity contribution is 8.00. The third kappa shape index (κ3) is 4.40. The van der Waals surface area contributed by atoms with Crippen molar-refractivity contribution in [2.24, 2.45) is 0 Å². The number of nitrogens with zero attached hydrogens (tertiary/aromatic N) is 2. The monoisotopic (exact) mass is 445 g/mol. The van der Waals surface area contributed by atoms with Gasteiger partial charge in [0, 0.05) is 31.3 Å². The van der Waals surface area contributed by atoms with Crippen LogP contribution in [0.15, 0.2) is 30.3 Å². The number of alkyl carbamates (subject to hydrolysis) is 1. The Kier molecular flexibility index (Phi) is 5.94. The average Bonchev–Trinajstić information content (AvgIpc) is 3.26. The van der Waals surface area contributed by atoms with Crippen molar-refractivity contribution >= 4 is 29.7 Å². The van der Waals surface area contributed by atoms with Gasteiger partial charge in [-0.25, -0.2) is 4.79 Å². The van der Waals surface area contributed by atoms with Gasteiger partial charge in [-0.2, -0.15) is 0 Å². The zero-order chi connectivity index (χ0) is 22.2. The number of piperidine rings is 1. The number of carbonyl (C=O) groups is 3. The van der Waals surface area contributed by atoms with Gasteiger partial charge in [0.2, 0.25) is 11.8 Å². The molecule has 1 aromatic carbocycles. The fourth-order valence-corrected chi connectivity index (χ4v) is 6.45. The fourth-order valence-electron chi connectivity index (χ4n) is 4.80. The van der Waals surface area contributed by atoms with Crippen LogP contribution in [0, 0.1) is 0 Å². The number of likely N-dealkylation sites (tertiary alicyclic amines) is 1. The minimum Gasteiger partial charge on any atom is -0.444 e. The quantitative estimate of drug-likeness (QED) is 0.774. The Morgan fingerprint density at radius 1 is 1.23 bits per heavy atom. The van der Waals surface area contributed by atoms with Crippen molar-refractivity contribution in [1.29, 1.82) is 0 Å². The molecule has 0 saturated carbocycles. The summed E-state index contributed by atoms with van der Waals surface area (Å²) in [5, 5.41) is 2.90. The molecule has 4 rings (SSSR count). The summed E-state index contributed by atoms with van der Waals surface area (Å²) >= 11 is 1.70. The van der Waals surface area contributed by atoms with Gasteiger partial charge in [-0.05, 0) is 45.6 Å². The van der Waals surface area contributed by atoms with Crippen LogP contribution < -0.4 is 5.32 Å². The SMILES string of the molecule is CC(C)(C)OC(=O)N[C@@H]1CCCN(C(=O)[C@@H]2CS[C@]3(c4ccccc4)CCC(=O)N23)C1. The average molecular weight is 446 g/mol. The number of benzene rings is 1. The highest BCUT2D eigenvalue weighted by Crippen LogP contribution is 2.54. The lowest BCUT2D eigenvalue weighted by Gasteiger charge is -2.38. The first-order chi connectivity index (χ1) is 14.7. The van der Waals surface area contributed by atoms with E-state index >= 15 is 0 Å². The molecular weight excluding hydrogens is 414 g/mol. The lowest BCUT2D eigenvalue weighted by atomic mass is 10.0. The minimum absolute atomic E-state index is 0.0174. The number of thioether (sulfide) groups is 1. The van der Waals surface area contributed by atoms with Crippen molar-refractivity contribution in [3.63, 3.8) is 0 Å². The number of fused-ring (bicyclic) bond motifs is 1. The van der Waals surface area contributed by atoms with Crippen molar-refractivity contribution in [2.75, 3.05) is 18.8 Å². The topological polar surface area (TPSA) is 79.0 Å². The molecule has 8 heteroatoms. The van der Waals surface area contributed by atoms with E-state index in [4.69, 9.17) is 4.74 Å². The van der Waals surface area contributed by atoms with Crippen LogP contribution in [0.4, 0.5) is 4.79 Å². The Bertz CT molecular complexity index is 856. The van der Waals surface area contributed by atoms with Gasteiger partial charge in [-0.1, -0.05) is 30.3 Å². The van der Waals surface area contributed by atoms with Crippen LogP contribution in [0.3, 0.4) is 0 Å². The van der Waals surface area contributed by atoms with E-state index in [9.17, 15) is 14.4 Å². The van der Waals surface area contributed by atoms with E-state index in [2.05, 4.69) is 5.32 Å². The van der Waals surface area contributed by atoms with E-state index in [0.717, 1.165) is 24.8 Å². The molecule has 1 aromatic rings. The minimum atomic E-state index is -0.563. The molecule has 3 aliphatic heterocycles. The molecular formula is C23H31N3O4S. The summed E-state index contributed by atoms with van der Waals surface area (Å²) in [6.45, 7) is 6.57. The number of rotatable bonds is 3. The molecule has 0 aromatic heterocycles. The Morgan fingerprint density at radius 2 is 1.97 bits per heavy atom. The standard InChI is InChI=1S/C23H31N3O4S/c1-22(2,3)30-21(29)24-17-10-7-13-25(14-17)20(28)18-15-31-23(12-11-19(27)26(18)23)16-8-5-4-6-9-16/h4-6,8-9,17-18H,7,10-15H2,1-3H3,(H,24,29)/t17-,18+,23+/m1/s1. The molecule has 7 nitrogen and oxygen atoms in total. The summed E-state index contributed by atoms with van der Waals surface area (Å²) in [6.07, 6.45) is 2.35. The maximum atomic E-state index is 13.5. The number of ether oxygens (including phenoxy) is 1. The number of carbonyl (C=O) groups excluding carboxylic acids is 3. The zero-order valence-corrected chi connectivity index (χ0v) is 19.2. The second-order valence-corrected chi connectivity index (χ2v) is 10.8. The van der Waals surface area contributed by atoms with E-state index in [1.807, 2.05) is 60.9 Å². The third-order valence-electron chi connectivity index (χ3n) is 6.09. The van der Waals surface area contributed by atoms with Crippen LogP contribution in [0.1, 0.15) is 52.0 Å². The van der Waals surface area contributed by atoms with Crippen molar-refractivity contribution in [3.05, 3.63) is 35.9 Å². The molecule has 3 aliphatic rings. The van der Waals surface area contributed by atoms with Gasteiger partial charge in [-0.15, -0.1) is 11.8 Å². The molecule has 0 unspecified atom stereocenters. The highest BCUT2D eigenvalue weighted by atomic mass is 32.2. The summed E-state index contributed by atoms with van der Waals surface area (Å²) in [5.74, 6) is 0.629. The lowest BCUT2D eigenvalue weighted by Crippen LogP contribution is -2.56. The first-order valence-corrected chi connectivity index (χ1v) is 12.0. The molecule has 0 spiro atoms. The van der Waals surface area contributed by atoms with E-state index in [0.29, 0.717) is 25.3 Å². The number of hydrogen-bond donors (Lipinski definition) is 1. The van der Waals surface area contributed by atoms with Crippen LogP contribution >= 0.6 is 11.8 Å². The van der Waals surface area contributed by atoms with Gasteiger partial charge >= 0.3 is 6.09 Å². The first-order valence-electron chi connectivity index (χ1n) is 11.0. The Balaban J connectivity index is 1.46. The lowest BCUT2D eigenvalue weighted by molar-refractivity contribution is -0.145. The highest BCUT2D eigenvalue weighted by Gasteiger charge is 2.57. The van der Waals surface area contributed by atoms with Gasteiger partial charge in [0.05, 0.1) is 0 Å². The maximum absolute atomic E-state index is 13.5. The second kappa shape index (κ2) is 8.37. The molecule has 0 bridgehead atoms. The Morgan fingerprint density at radius 3 is 2.68 bits per heavy atom. The van der Waals surface area contributed by atoms with Gasteiger partial charge < -0.3 is 19.9 Å². The predicted molar refractivity (Wildman–Crippen MR) is 119 cm³/mol. The molecule has 0 aliphatic carbocycles. The van der Waals surface area contributed by atoms with Crippen molar-refractivity contribution in [1.82, 2.24) is 15.1 Å². The predicted octanol–water partition coefficient (Wildman–Crippen LogP) is 3.09. The summed E-state index contributed by atoms with van der Waals surface area (Å²) in [5.41, 5.74) is 0.524. The summed E-state index contributed by atoms with van der Waals surface area (Å²) in [7, 11) is 0.